The molecule has 2 heterocycles. The van der Waals surface area contributed by atoms with Crippen LogP contribution in [-0.4, -0.2) is 78.3 Å². The zero-order valence-electron chi connectivity index (χ0n) is 15.0. The second-order valence-corrected chi connectivity index (χ2v) is 6.07. The standard InChI is InChI=1S/C16H24N4O5/c1-18(15(22)12-9-19(2)17-14(12)24-3)10-13(21)20-7-5-11(6-8-20)16(23)25-4/h9,11H,5-8,10H2,1-4H3. The van der Waals surface area contributed by atoms with E-state index in [9.17, 15) is 14.4 Å². The third-order valence-corrected chi connectivity index (χ3v) is 4.32. The van der Waals surface area contributed by atoms with Crippen molar-refractivity contribution in [1.29, 1.82) is 0 Å². The molecule has 0 spiro atoms. The number of piperidine rings is 1. The van der Waals surface area contributed by atoms with Crippen LogP contribution in [0.4, 0.5) is 0 Å². The maximum atomic E-state index is 12.5. The van der Waals surface area contributed by atoms with E-state index in [1.54, 1.807) is 25.2 Å². The number of hydrogen-bond acceptors (Lipinski definition) is 6. The lowest BCUT2D eigenvalue weighted by molar-refractivity contribution is -0.148. The van der Waals surface area contributed by atoms with Gasteiger partial charge in [-0.3, -0.25) is 19.1 Å². The van der Waals surface area contributed by atoms with Crippen LogP contribution in [-0.2, 0) is 21.4 Å². The number of hydrogen-bond donors (Lipinski definition) is 0. The molecule has 0 atom stereocenters. The van der Waals surface area contributed by atoms with Crippen LogP contribution < -0.4 is 4.74 Å². The molecule has 1 saturated heterocycles. The number of ether oxygens (including phenoxy) is 2. The van der Waals surface area contributed by atoms with E-state index in [1.165, 1.54) is 23.8 Å². The molecule has 0 N–H and O–H groups in total. The Hall–Kier alpha value is -2.58. The predicted octanol–water partition coefficient (Wildman–Crippen LogP) is -0.0877. The number of nitrogens with zero attached hydrogens (tertiary/aromatic N) is 4. The largest absolute Gasteiger partial charge is 0.479 e. The van der Waals surface area contributed by atoms with Crippen molar-refractivity contribution in [2.24, 2.45) is 13.0 Å². The van der Waals surface area contributed by atoms with E-state index in [0.717, 1.165) is 0 Å². The predicted molar refractivity (Wildman–Crippen MR) is 88.0 cm³/mol. The molecule has 9 nitrogen and oxygen atoms in total. The number of amides is 2. The SMILES string of the molecule is COC(=O)C1CCN(C(=O)CN(C)C(=O)c2cn(C)nc2OC)CC1. The lowest BCUT2D eigenvalue weighted by Gasteiger charge is -2.31. The summed E-state index contributed by atoms with van der Waals surface area (Å²) in [6.45, 7) is 0.924. The summed E-state index contributed by atoms with van der Waals surface area (Å²) in [5.41, 5.74) is 0.310. The highest BCUT2D eigenvalue weighted by Crippen LogP contribution is 2.19. The van der Waals surface area contributed by atoms with Gasteiger partial charge >= 0.3 is 5.97 Å². The van der Waals surface area contributed by atoms with Gasteiger partial charge in [-0.2, -0.15) is 0 Å². The number of carbonyl (C=O) groups excluding carboxylic acids is 3. The van der Waals surface area contributed by atoms with Gasteiger partial charge < -0.3 is 19.3 Å². The van der Waals surface area contributed by atoms with Gasteiger partial charge in [0.25, 0.3) is 5.91 Å². The molecule has 0 radical (unpaired) electrons. The second kappa shape index (κ2) is 8.00. The third kappa shape index (κ3) is 4.28. The van der Waals surface area contributed by atoms with Crippen molar-refractivity contribution in [3.05, 3.63) is 11.8 Å². The van der Waals surface area contributed by atoms with Gasteiger partial charge in [0.15, 0.2) is 0 Å². The molecule has 2 amide bonds. The Morgan fingerprint density at radius 2 is 1.92 bits per heavy atom. The Morgan fingerprint density at radius 1 is 1.28 bits per heavy atom. The summed E-state index contributed by atoms with van der Waals surface area (Å²) < 4.78 is 11.3. The average Bonchev–Trinajstić information content (AvgIpc) is 3.01. The molecule has 0 bridgehead atoms. The maximum absolute atomic E-state index is 12.5. The Bertz CT molecular complexity index is 649. The smallest absolute Gasteiger partial charge is 0.308 e. The first kappa shape index (κ1) is 18.8. The van der Waals surface area contributed by atoms with Crippen LogP contribution in [0.5, 0.6) is 5.88 Å². The molecule has 1 aromatic heterocycles. The summed E-state index contributed by atoms with van der Waals surface area (Å²) in [7, 11) is 6.06. The van der Waals surface area contributed by atoms with Gasteiger partial charge in [-0.15, -0.1) is 5.10 Å². The summed E-state index contributed by atoms with van der Waals surface area (Å²) in [5, 5.41) is 4.04. The summed E-state index contributed by atoms with van der Waals surface area (Å²) >= 11 is 0. The van der Waals surface area contributed by atoms with Gasteiger partial charge in [-0.25, -0.2) is 0 Å². The lowest BCUT2D eigenvalue weighted by Crippen LogP contribution is -2.45. The van der Waals surface area contributed by atoms with Crippen molar-refractivity contribution < 1.29 is 23.9 Å². The number of methoxy groups -OCH3 is 2. The molecule has 0 saturated carbocycles. The first-order valence-corrected chi connectivity index (χ1v) is 8.06. The molecule has 2 rings (SSSR count). The first-order chi connectivity index (χ1) is 11.9. The first-order valence-electron chi connectivity index (χ1n) is 8.06. The zero-order chi connectivity index (χ0) is 18.6. The van der Waals surface area contributed by atoms with Crippen molar-refractivity contribution in [2.45, 2.75) is 12.8 Å². The lowest BCUT2D eigenvalue weighted by atomic mass is 9.97. The molecule has 1 aliphatic rings. The summed E-state index contributed by atoms with van der Waals surface area (Å²) in [6.07, 6.45) is 2.71. The van der Waals surface area contributed by atoms with E-state index in [-0.39, 0.29) is 36.1 Å². The van der Waals surface area contributed by atoms with Crippen molar-refractivity contribution in [3.8, 4) is 5.88 Å². The highest BCUT2D eigenvalue weighted by Gasteiger charge is 2.29. The Morgan fingerprint density at radius 3 is 2.48 bits per heavy atom. The van der Waals surface area contributed by atoms with E-state index in [1.807, 2.05) is 0 Å². The topological polar surface area (TPSA) is 94.0 Å². The van der Waals surface area contributed by atoms with Crippen molar-refractivity contribution in [1.82, 2.24) is 19.6 Å². The number of carbonyl (C=O) groups is 3. The molecular formula is C16H24N4O5. The second-order valence-electron chi connectivity index (χ2n) is 6.07. The molecule has 0 aromatic carbocycles. The van der Waals surface area contributed by atoms with Gasteiger partial charge in [0.1, 0.15) is 5.56 Å². The van der Waals surface area contributed by atoms with E-state index in [2.05, 4.69) is 5.10 Å². The van der Waals surface area contributed by atoms with Crippen LogP contribution in [0, 0.1) is 5.92 Å². The Kier molecular flexibility index (Phi) is 6.00. The minimum Gasteiger partial charge on any atom is -0.479 e. The third-order valence-electron chi connectivity index (χ3n) is 4.32. The van der Waals surface area contributed by atoms with Crippen LogP contribution in [0.2, 0.25) is 0 Å². The summed E-state index contributed by atoms with van der Waals surface area (Å²) in [6, 6.07) is 0. The van der Waals surface area contributed by atoms with E-state index in [0.29, 0.717) is 31.5 Å². The van der Waals surface area contributed by atoms with E-state index in [4.69, 9.17) is 9.47 Å². The number of esters is 1. The normalized spacial score (nSPS) is 15.0. The minimum absolute atomic E-state index is 0.0419. The minimum atomic E-state index is -0.331. The van der Waals surface area contributed by atoms with Gasteiger partial charge in [-0.05, 0) is 12.8 Å². The molecule has 1 fully saturated rings. The Labute approximate surface area is 146 Å². The van der Waals surface area contributed by atoms with Crippen LogP contribution >= 0.6 is 0 Å². The van der Waals surface area contributed by atoms with Crippen molar-refractivity contribution in [2.75, 3.05) is 40.9 Å². The van der Waals surface area contributed by atoms with Crippen molar-refractivity contribution in [3.63, 3.8) is 0 Å². The number of aryl methyl sites for hydroxylation is 1. The molecular weight excluding hydrogens is 328 g/mol. The van der Waals surface area contributed by atoms with Crippen LogP contribution in [0.3, 0.4) is 0 Å². The van der Waals surface area contributed by atoms with Gasteiger partial charge in [0.05, 0.1) is 26.7 Å². The highest BCUT2D eigenvalue weighted by atomic mass is 16.5. The summed E-state index contributed by atoms with van der Waals surface area (Å²) in [4.78, 5) is 39.5. The average molecular weight is 352 g/mol. The zero-order valence-corrected chi connectivity index (χ0v) is 15.0. The maximum Gasteiger partial charge on any atom is 0.308 e. The number of aromatic nitrogens is 2. The van der Waals surface area contributed by atoms with E-state index >= 15 is 0 Å². The number of likely N-dealkylation sites (N-methyl/N-ethyl adjacent to an activating group) is 1. The van der Waals surface area contributed by atoms with Crippen LogP contribution in [0.25, 0.3) is 0 Å². The fourth-order valence-corrected chi connectivity index (χ4v) is 2.88. The Balaban J connectivity index is 1.92. The molecule has 25 heavy (non-hydrogen) atoms. The molecule has 138 valence electrons. The number of likely N-dealkylation sites (tertiary alicyclic amines) is 1. The fraction of sp³-hybridized carbons (Fsp3) is 0.625. The highest BCUT2D eigenvalue weighted by molar-refractivity contribution is 5.98. The van der Waals surface area contributed by atoms with Gasteiger partial charge in [0.2, 0.25) is 11.8 Å². The van der Waals surface area contributed by atoms with Crippen LogP contribution in [0.15, 0.2) is 6.20 Å². The van der Waals surface area contributed by atoms with Crippen LogP contribution in [0.1, 0.15) is 23.2 Å². The van der Waals surface area contributed by atoms with Crippen molar-refractivity contribution >= 4 is 17.8 Å². The summed E-state index contributed by atoms with van der Waals surface area (Å²) in [5.74, 6) is -0.647. The molecule has 0 unspecified atom stereocenters. The number of rotatable bonds is 5. The molecule has 9 heteroatoms. The quantitative estimate of drug-likeness (QED) is 0.688. The van der Waals surface area contributed by atoms with E-state index < -0.39 is 0 Å². The fourth-order valence-electron chi connectivity index (χ4n) is 2.88. The molecule has 0 aliphatic carbocycles. The van der Waals surface area contributed by atoms with Gasteiger partial charge in [0, 0.05) is 33.4 Å². The molecule has 1 aromatic rings. The molecule has 1 aliphatic heterocycles. The van der Waals surface area contributed by atoms with Gasteiger partial charge in [-0.1, -0.05) is 0 Å². The monoisotopic (exact) mass is 352 g/mol.